The van der Waals surface area contributed by atoms with Crippen molar-refractivity contribution in [2.75, 3.05) is 7.11 Å². The van der Waals surface area contributed by atoms with Gasteiger partial charge in [-0.05, 0) is 36.3 Å². The monoisotopic (exact) mass is 386 g/mol. The van der Waals surface area contributed by atoms with Gasteiger partial charge >= 0.3 is 5.97 Å². The molecule has 1 aromatic carbocycles. The number of carbonyl (C=O) groups excluding carboxylic acids is 2. The van der Waals surface area contributed by atoms with E-state index in [0.29, 0.717) is 5.17 Å². The number of nitrogens with one attached hydrogen (secondary N) is 1. The molecule has 2 aromatic rings. The number of hydrogen-bond donors (Lipinski definition) is 1. The highest BCUT2D eigenvalue weighted by Gasteiger charge is 2.25. The summed E-state index contributed by atoms with van der Waals surface area (Å²) in [5.74, 6) is -1.00. The fourth-order valence-electron chi connectivity index (χ4n) is 2.11. The van der Waals surface area contributed by atoms with Gasteiger partial charge < -0.3 is 4.74 Å². The molecule has 0 atom stereocenters. The molecule has 3 rings (SSSR count). The summed E-state index contributed by atoms with van der Waals surface area (Å²) in [6.45, 7) is 1.95. The molecule has 1 amide bonds. The van der Waals surface area contributed by atoms with E-state index in [1.54, 1.807) is 6.21 Å². The van der Waals surface area contributed by atoms with E-state index in [-0.39, 0.29) is 4.91 Å². The first-order chi connectivity index (χ1) is 12.6. The van der Waals surface area contributed by atoms with Crippen molar-refractivity contribution in [2.45, 2.75) is 6.92 Å². The second-order valence-electron chi connectivity index (χ2n) is 5.16. The number of amidine groups is 1. The summed E-state index contributed by atoms with van der Waals surface area (Å²) in [6, 6.07) is 9.79. The molecule has 0 saturated carbocycles. The Balaban J connectivity index is 1.78. The van der Waals surface area contributed by atoms with E-state index < -0.39 is 11.9 Å². The van der Waals surface area contributed by atoms with Crippen LogP contribution in [-0.4, -0.2) is 34.7 Å². The zero-order valence-electron chi connectivity index (χ0n) is 13.9. The Hall–Kier alpha value is -2.78. The Morgan fingerprint density at radius 1 is 1.35 bits per heavy atom. The van der Waals surface area contributed by atoms with Gasteiger partial charge in [-0.15, -0.1) is 5.10 Å². The molecular weight excluding hydrogens is 372 g/mol. The van der Waals surface area contributed by atoms with Crippen molar-refractivity contribution >= 4 is 46.6 Å². The number of thioether (sulfide) groups is 1. The van der Waals surface area contributed by atoms with Gasteiger partial charge in [0.1, 0.15) is 0 Å². The highest BCUT2D eigenvalue weighted by Crippen LogP contribution is 2.27. The Morgan fingerprint density at radius 3 is 2.88 bits per heavy atom. The van der Waals surface area contributed by atoms with E-state index in [1.165, 1.54) is 18.6 Å². The molecule has 0 radical (unpaired) electrons. The molecule has 0 unspecified atom stereocenters. The van der Waals surface area contributed by atoms with Gasteiger partial charge in [0.2, 0.25) is 0 Å². The third-order valence-corrected chi connectivity index (χ3v) is 5.11. The molecule has 1 saturated heterocycles. The van der Waals surface area contributed by atoms with Gasteiger partial charge in [-0.1, -0.05) is 24.3 Å². The maximum atomic E-state index is 11.8. The lowest BCUT2D eigenvalue weighted by atomic mass is 10.1. The zero-order valence-corrected chi connectivity index (χ0v) is 15.6. The number of methoxy groups -OCH3 is 1. The lowest BCUT2D eigenvalue weighted by molar-refractivity contribution is -0.135. The predicted molar refractivity (Wildman–Crippen MR) is 103 cm³/mol. The van der Waals surface area contributed by atoms with Crippen molar-refractivity contribution in [2.24, 2.45) is 10.2 Å². The molecule has 132 valence electrons. The minimum Gasteiger partial charge on any atom is -0.466 e. The van der Waals surface area contributed by atoms with Crippen LogP contribution in [0.15, 0.2) is 51.5 Å². The van der Waals surface area contributed by atoms with Crippen LogP contribution < -0.4 is 5.32 Å². The molecule has 1 aromatic heterocycles. The van der Waals surface area contributed by atoms with Gasteiger partial charge in [-0.3, -0.25) is 10.1 Å². The first-order valence-electron chi connectivity index (χ1n) is 7.49. The molecule has 0 aliphatic carbocycles. The highest BCUT2D eigenvalue weighted by molar-refractivity contribution is 8.18. The van der Waals surface area contributed by atoms with E-state index in [1.807, 2.05) is 37.3 Å². The molecule has 0 bridgehead atoms. The van der Waals surface area contributed by atoms with E-state index >= 15 is 0 Å². The number of hydrogen-bond acceptors (Lipinski definition) is 8. The molecule has 9 heteroatoms. The maximum Gasteiger partial charge on any atom is 0.331 e. The lowest BCUT2D eigenvalue weighted by Gasteiger charge is -2.01. The van der Waals surface area contributed by atoms with Crippen molar-refractivity contribution in [1.82, 2.24) is 9.69 Å². The van der Waals surface area contributed by atoms with Crippen molar-refractivity contribution in [3.05, 3.63) is 52.6 Å². The summed E-state index contributed by atoms with van der Waals surface area (Å²) < 4.78 is 8.81. The Kier molecular flexibility index (Phi) is 5.59. The van der Waals surface area contributed by atoms with Crippen LogP contribution in [0.4, 0.5) is 0 Å². The van der Waals surface area contributed by atoms with Gasteiger partial charge in [0.05, 0.1) is 28.8 Å². The van der Waals surface area contributed by atoms with Crippen molar-refractivity contribution < 1.29 is 14.3 Å². The average Bonchev–Trinajstić information content (AvgIpc) is 3.21. The summed E-state index contributed by atoms with van der Waals surface area (Å²) in [6.07, 6.45) is 2.74. The number of nitrogens with zero attached hydrogens (tertiary/aromatic N) is 3. The average molecular weight is 386 g/mol. The van der Waals surface area contributed by atoms with E-state index in [9.17, 15) is 9.59 Å². The van der Waals surface area contributed by atoms with E-state index in [4.69, 9.17) is 0 Å². The summed E-state index contributed by atoms with van der Waals surface area (Å²) in [5, 5.41) is 10.9. The number of carbonyl (C=O) groups is 2. The van der Waals surface area contributed by atoms with Gasteiger partial charge in [0.15, 0.2) is 5.17 Å². The molecule has 1 aliphatic rings. The number of benzene rings is 1. The van der Waals surface area contributed by atoms with Gasteiger partial charge in [-0.2, -0.15) is 9.47 Å². The van der Waals surface area contributed by atoms with Gasteiger partial charge in [0, 0.05) is 17.2 Å². The molecule has 1 aliphatic heterocycles. The SMILES string of the molecule is COC(=O)/C=C1/S/C(=N\N=Cc2ccccc2-c2cc(C)ns2)NC1=O. The summed E-state index contributed by atoms with van der Waals surface area (Å²) >= 11 is 2.45. The van der Waals surface area contributed by atoms with Crippen molar-refractivity contribution in [1.29, 1.82) is 0 Å². The largest absolute Gasteiger partial charge is 0.466 e. The molecule has 1 N–H and O–H groups in total. The van der Waals surface area contributed by atoms with Crippen molar-refractivity contribution in [3.8, 4) is 10.4 Å². The molecule has 26 heavy (non-hydrogen) atoms. The smallest absolute Gasteiger partial charge is 0.331 e. The molecule has 0 spiro atoms. The minimum atomic E-state index is -0.596. The quantitative estimate of drug-likeness (QED) is 0.377. The van der Waals surface area contributed by atoms with Crippen molar-refractivity contribution in [3.63, 3.8) is 0 Å². The molecule has 2 heterocycles. The van der Waals surface area contributed by atoms with Crippen LogP contribution in [0, 0.1) is 6.92 Å². The normalized spacial score (nSPS) is 17.2. The Labute approximate surface area is 158 Å². The lowest BCUT2D eigenvalue weighted by Crippen LogP contribution is -2.19. The third kappa shape index (κ3) is 4.24. The Morgan fingerprint density at radius 2 is 2.15 bits per heavy atom. The topological polar surface area (TPSA) is 93.0 Å². The van der Waals surface area contributed by atoms with Crippen LogP contribution in [0.25, 0.3) is 10.4 Å². The minimum absolute atomic E-state index is 0.214. The number of rotatable bonds is 4. The van der Waals surface area contributed by atoms with Gasteiger partial charge in [0.25, 0.3) is 5.91 Å². The molecule has 1 fully saturated rings. The van der Waals surface area contributed by atoms with Crippen LogP contribution in [-0.2, 0) is 14.3 Å². The van der Waals surface area contributed by atoms with Crippen LogP contribution in [0.1, 0.15) is 11.3 Å². The second-order valence-corrected chi connectivity index (χ2v) is 6.99. The predicted octanol–water partition coefficient (Wildman–Crippen LogP) is 2.73. The standard InChI is InChI=1S/C17H14N4O3S2/c1-10-7-13(26-21-10)12-6-4-3-5-11(12)9-18-20-17-19-16(23)14(25-17)8-15(22)24-2/h3-9H,1-2H3,(H,19,20,23)/b14-8+,18-9?. The van der Waals surface area contributed by atoms with Crippen LogP contribution in [0.2, 0.25) is 0 Å². The van der Waals surface area contributed by atoms with E-state index in [2.05, 4.69) is 24.6 Å². The first-order valence-corrected chi connectivity index (χ1v) is 9.08. The number of esters is 1. The third-order valence-electron chi connectivity index (χ3n) is 3.30. The highest BCUT2D eigenvalue weighted by atomic mass is 32.2. The maximum absolute atomic E-state index is 11.8. The second kappa shape index (κ2) is 8.07. The Bertz CT molecular complexity index is 947. The number of aryl methyl sites for hydroxylation is 1. The van der Waals surface area contributed by atoms with Gasteiger partial charge in [-0.25, -0.2) is 4.79 Å². The van der Waals surface area contributed by atoms with E-state index in [0.717, 1.165) is 39.5 Å². The molecule has 7 nitrogen and oxygen atoms in total. The van der Waals surface area contributed by atoms with Crippen LogP contribution >= 0.6 is 23.3 Å². The number of ether oxygens (including phenoxy) is 1. The molecular formula is C17H14N4O3S2. The summed E-state index contributed by atoms with van der Waals surface area (Å²) in [4.78, 5) is 24.3. The zero-order chi connectivity index (χ0) is 18.5. The number of amides is 1. The fourth-order valence-corrected chi connectivity index (χ4v) is 3.65. The summed E-state index contributed by atoms with van der Waals surface area (Å²) in [5.41, 5.74) is 2.86. The first kappa shape index (κ1) is 18.0. The van der Waals surface area contributed by atoms with Crippen LogP contribution in [0.3, 0.4) is 0 Å². The summed E-state index contributed by atoms with van der Waals surface area (Å²) in [7, 11) is 1.25. The number of aromatic nitrogens is 1. The van der Waals surface area contributed by atoms with Crippen LogP contribution in [0.5, 0.6) is 0 Å². The fraction of sp³-hybridized carbons (Fsp3) is 0.118.